The number of aryl methyl sites for hydroxylation is 4. The first-order valence-electron chi connectivity index (χ1n) is 22.8. The van der Waals surface area contributed by atoms with Crippen LogP contribution in [-0.2, 0) is 12.4 Å². The van der Waals surface area contributed by atoms with Crippen molar-refractivity contribution in [3.8, 4) is 62.0 Å². The van der Waals surface area contributed by atoms with Gasteiger partial charge in [0.25, 0.3) is 0 Å². The molecule has 2 heterocycles. The van der Waals surface area contributed by atoms with E-state index in [4.69, 9.17) is 0 Å². The molecule has 0 aliphatic carbocycles. The lowest BCUT2D eigenvalue weighted by Crippen LogP contribution is -2.12. The second-order valence-corrected chi connectivity index (χ2v) is 18.1. The van der Waals surface area contributed by atoms with E-state index in [2.05, 4.69) is 98.1 Å². The summed E-state index contributed by atoms with van der Waals surface area (Å²) in [5, 5.41) is 14.3. The molecular weight excluding hydrogens is 889 g/mol. The van der Waals surface area contributed by atoms with Crippen LogP contribution in [0.3, 0.4) is 0 Å². The van der Waals surface area contributed by atoms with Crippen LogP contribution in [0.2, 0.25) is 0 Å². The summed E-state index contributed by atoms with van der Waals surface area (Å²) >= 11 is 0. The molecule has 0 atom stereocenters. The minimum Gasteiger partial charge on any atom is -0.309 e. The zero-order valence-electron chi connectivity index (χ0n) is 38.4. The van der Waals surface area contributed by atoms with Gasteiger partial charge in [0.1, 0.15) is 0 Å². The van der Waals surface area contributed by atoms with Gasteiger partial charge in [-0.3, -0.25) is 0 Å². The Morgan fingerprint density at radius 1 is 0.386 bits per heavy atom. The second-order valence-electron chi connectivity index (χ2n) is 18.1. The Labute approximate surface area is 399 Å². The predicted molar refractivity (Wildman–Crippen MR) is 271 cm³/mol. The van der Waals surface area contributed by atoms with Crippen LogP contribution in [0.15, 0.2) is 176 Å². The Morgan fingerprint density at radius 3 is 1.40 bits per heavy atom. The van der Waals surface area contributed by atoms with Crippen molar-refractivity contribution in [2.45, 2.75) is 40.0 Å². The first-order chi connectivity index (χ1) is 33.6. The molecule has 0 radical (unpaired) electrons. The van der Waals surface area contributed by atoms with Crippen LogP contribution in [0.1, 0.15) is 38.9 Å². The number of nitrogens with zero attached hydrogens (tertiary/aromatic N) is 3. The van der Waals surface area contributed by atoms with Crippen molar-refractivity contribution < 1.29 is 26.3 Å². The molecule has 0 N–H and O–H groups in total. The number of aromatic nitrogens is 2. The SMILES string of the molecule is Cc1ccc(-c2ccc3c(c2)c2ccccc2n3-c2ccc(C#N)cc2-c2ccc(-c3ccc(C(F)(F)F)cc3C(F)(F)F)cc2-n2c3ccccc3c3cc(-c4ccc(C)cc4C)ccc32)c(C)c1. The molecule has 0 amide bonds. The monoisotopic (exact) mass is 929 g/mol. The van der Waals surface area contributed by atoms with Gasteiger partial charge in [-0.15, -0.1) is 0 Å². The van der Waals surface area contributed by atoms with Crippen LogP contribution in [0.5, 0.6) is 0 Å². The highest BCUT2D eigenvalue weighted by Gasteiger charge is 2.38. The van der Waals surface area contributed by atoms with Crippen LogP contribution in [0, 0.1) is 39.0 Å². The van der Waals surface area contributed by atoms with Crippen LogP contribution >= 0.6 is 0 Å². The van der Waals surface area contributed by atoms with Crippen molar-refractivity contribution in [1.29, 1.82) is 5.26 Å². The van der Waals surface area contributed by atoms with Gasteiger partial charge in [0, 0.05) is 32.7 Å². The average molecular weight is 930 g/mol. The van der Waals surface area contributed by atoms with E-state index in [1.54, 1.807) is 24.3 Å². The molecule has 0 spiro atoms. The summed E-state index contributed by atoms with van der Waals surface area (Å²) in [6.45, 7) is 8.28. The highest BCUT2D eigenvalue weighted by atomic mass is 19.4. The molecule has 0 fully saturated rings. The average Bonchev–Trinajstić information content (AvgIpc) is 3.85. The van der Waals surface area contributed by atoms with Gasteiger partial charge in [-0.05, 0) is 145 Å². The molecule has 11 rings (SSSR count). The van der Waals surface area contributed by atoms with E-state index in [-0.39, 0.29) is 11.6 Å². The quantitative estimate of drug-likeness (QED) is 0.153. The third-order valence-corrected chi connectivity index (χ3v) is 13.6. The fourth-order valence-electron chi connectivity index (χ4n) is 10.4. The molecule has 0 saturated heterocycles. The molecule has 2 aromatic heterocycles. The largest absolute Gasteiger partial charge is 0.417 e. The summed E-state index contributed by atoms with van der Waals surface area (Å²) in [5.74, 6) is 0. The smallest absolute Gasteiger partial charge is 0.309 e. The summed E-state index contributed by atoms with van der Waals surface area (Å²) < 4.78 is 91.1. The lowest BCUT2D eigenvalue weighted by atomic mass is 9.92. The Hall–Kier alpha value is -8.35. The van der Waals surface area contributed by atoms with E-state index in [0.717, 1.165) is 88.6 Å². The minimum atomic E-state index is -5.12. The van der Waals surface area contributed by atoms with E-state index in [1.807, 2.05) is 72.2 Å². The maximum absolute atomic E-state index is 15.0. The van der Waals surface area contributed by atoms with Gasteiger partial charge in [-0.2, -0.15) is 31.6 Å². The zero-order chi connectivity index (χ0) is 48.8. The molecule has 70 heavy (non-hydrogen) atoms. The van der Waals surface area contributed by atoms with Crippen LogP contribution < -0.4 is 0 Å². The van der Waals surface area contributed by atoms with Gasteiger partial charge in [0.05, 0.1) is 56.2 Å². The predicted octanol–water partition coefficient (Wildman–Crippen LogP) is 17.7. The van der Waals surface area contributed by atoms with Crippen LogP contribution in [0.25, 0.3) is 99.5 Å². The van der Waals surface area contributed by atoms with Crippen molar-refractivity contribution in [1.82, 2.24) is 9.13 Å². The molecule has 0 aliphatic rings. The molecule has 9 aromatic carbocycles. The third kappa shape index (κ3) is 7.39. The molecule has 0 unspecified atom stereocenters. The number of rotatable bonds is 6. The first kappa shape index (κ1) is 44.2. The molecule has 0 bridgehead atoms. The van der Waals surface area contributed by atoms with Gasteiger partial charge in [-0.1, -0.05) is 114 Å². The summed E-state index contributed by atoms with van der Waals surface area (Å²) in [6, 6.07) is 55.5. The molecule has 11 aromatic rings. The van der Waals surface area contributed by atoms with Crippen molar-refractivity contribution in [2.75, 3.05) is 0 Å². The zero-order valence-corrected chi connectivity index (χ0v) is 38.4. The Kier molecular flexibility index (Phi) is 10.4. The van der Waals surface area contributed by atoms with Crippen LogP contribution in [0.4, 0.5) is 26.3 Å². The summed E-state index contributed by atoms with van der Waals surface area (Å²) in [4.78, 5) is 0. The number of fused-ring (bicyclic) bond motifs is 6. The number of alkyl halides is 6. The van der Waals surface area contributed by atoms with Crippen molar-refractivity contribution in [2.24, 2.45) is 0 Å². The number of benzene rings is 9. The summed E-state index contributed by atoms with van der Waals surface area (Å²) in [5.41, 5.74) is 11.7. The molecule has 342 valence electrons. The fraction of sp³-hybridized carbons (Fsp3) is 0.0984. The van der Waals surface area contributed by atoms with Gasteiger partial charge in [-0.25, -0.2) is 0 Å². The normalized spacial score (nSPS) is 12.1. The maximum atomic E-state index is 15.0. The number of halogens is 6. The number of hydrogen-bond donors (Lipinski definition) is 0. The van der Waals surface area contributed by atoms with E-state index in [1.165, 1.54) is 11.6 Å². The van der Waals surface area contributed by atoms with Gasteiger partial charge in [0.2, 0.25) is 0 Å². The molecule has 0 aliphatic heterocycles. The van der Waals surface area contributed by atoms with Gasteiger partial charge in [0.15, 0.2) is 0 Å². The number of hydrogen-bond acceptors (Lipinski definition) is 1. The Bertz CT molecular complexity index is 3990. The number of para-hydroxylation sites is 2. The lowest BCUT2D eigenvalue weighted by molar-refractivity contribution is -0.142. The van der Waals surface area contributed by atoms with Crippen molar-refractivity contribution in [3.63, 3.8) is 0 Å². The highest BCUT2D eigenvalue weighted by molar-refractivity contribution is 6.13. The Balaban J connectivity index is 1.22. The minimum absolute atomic E-state index is 0.0615. The van der Waals surface area contributed by atoms with E-state index in [0.29, 0.717) is 34.1 Å². The van der Waals surface area contributed by atoms with E-state index in [9.17, 15) is 31.6 Å². The first-order valence-corrected chi connectivity index (χ1v) is 22.8. The van der Waals surface area contributed by atoms with E-state index < -0.39 is 29.0 Å². The fourth-order valence-corrected chi connectivity index (χ4v) is 10.4. The lowest BCUT2D eigenvalue weighted by Gasteiger charge is -2.21. The number of nitriles is 1. The summed E-state index contributed by atoms with van der Waals surface area (Å²) in [6.07, 6.45) is -10.1. The van der Waals surface area contributed by atoms with Gasteiger partial charge < -0.3 is 9.13 Å². The molecular formula is C61H41F6N3. The van der Waals surface area contributed by atoms with Crippen molar-refractivity contribution in [3.05, 3.63) is 215 Å². The van der Waals surface area contributed by atoms with Crippen LogP contribution in [-0.4, -0.2) is 9.13 Å². The van der Waals surface area contributed by atoms with E-state index >= 15 is 0 Å². The standard InChI is InChI=1S/C61H41F6N3/c1-35-13-20-44(37(3)27-35)40-17-25-57-51(30-40)47-9-5-7-11-54(47)69(57)56-24-15-39(34-68)29-50(56)49-22-16-42(46-23-19-43(60(62,63)64)33-53(46)61(65,66)67)32-59(49)70-55-12-8-6-10-48(55)52-31-41(18-26-58(52)70)45-21-14-36(2)28-38(45)4/h5-33H,1-4H3. The summed E-state index contributed by atoms with van der Waals surface area (Å²) in [7, 11) is 0. The molecule has 0 saturated carbocycles. The van der Waals surface area contributed by atoms with Gasteiger partial charge >= 0.3 is 12.4 Å². The third-order valence-electron chi connectivity index (χ3n) is 13.6. The highest BCUT2D eigenvalue weighted by Crippen LogP contribution is 2.46. The Morgan fingerprint density at radius 2 is 0.871 bits per heavy atom. The maximum Gasteiger partial charge on any atom is 0.417 e. The molecule has 3 nitrogen and oxygen atoms in total. The molecule has 9 heteroatoms. The second kappa shape index (κ2) is 16.4. The van der Waals surface area contributed by atoms with Crippen molar-refractivity contribution >= 4 is 43.6 Å². The topological polar surface area (TPSA) is 33.6 Å².